The van der Waals surface area contributed by atoms with Crippen molar-refractivity contribution in [1.82, 2.24) is 4.90 Å². The van der Waals surface area contributed by atoms with Gasteiger partial charge in [-0.3, -0.25) is 0 Å². The summed E-state index contributed by atoms with van der Waals surface area (Å²) >= 11 is 0. The summed E-state index contributed by atoms with van der Waals surface area (Å²) in [6.07, 6.45) is -0.0695. The molecule has 2 rings (SSSR count). The topological polar surface area (TPSA) is 67.6 Å². The molecule has 2 amide bonds. The minimum atomic E-state index is -0.0990. The van der Waals surface area contributed by atoms with Gasteiger partial charge in [0.2, 0.25) is 0 Å². The molecule has 0 aliphatic carbocycles. The van der Waals surface area contributed by atoms with Crippen molar-refractivity contribution < 1.29 is 9.53 Å². The number of amides is 2. The Hall–Kier alpha value is -1.59. The summed E-state index contributed by atoms with van der Waals surface area (Å²) in [5.41, 5.74) is 7.57. The number of hydrogen-bond acceptors (Lipinski definition) is 3. The minimum absolute atomic E-state index is 0.0632. The fourth-order valence-electron chi connectivity index (χ4n) is 2.08. The Morgan fingerprint density at radius 1 is 1.47 bits per heavy atom. The van der Waals surface area contributed by atoms with Crippen molar-refractivity contribution in [3.8, 4) is 0 Å². The number of ether oxygens (including phenoxy) is 1. The highest BCUT2D eigenvalue weighted by molar-refractivity contribution is 5.89. The quantitative estimate of drug-likeness (QED) is 0.851. The summed E-state index contributed by atoms with van der Waals surface area (Å²) < 4.78 is 5.54. The van der Waals surface area contributed by atoms with Crippen LogP contribution in [0.3, 0.4) is 0 Å². The zero-order valence-corrected chi connectivity index (χ0v) is 11.4. The fourth-order valence-corrected chi connectivity index (χ4v) is 2.08. The van der Waals surface area contributed by atoms with Crippen LogP contribution in [0.5, 0.6) is 0 Å². The summed E-state index contributed by atoms with van der Waals surface area (Å²) in [7, 11) is 0. The number of nitrogens with zero attached hydrogens (tertiary/aromatic N) is 1. The molecule has 1 aliphatic rings. The van der Waals surface area contributed by atoms with Crippen molar-refractivity contribution in [3.05, 3.63) is 29.8 Å². The van der Waals surface area contributed by atoms with Crippen molar-refractivity contribution in [1.29, 1.82) is 0 Å². The van der Waals surface area contributed by atoms with E-state index in [2.05, 4.69) is 5.32 Å². The lowest BCUT2D eigenvalue weighted by Crippen LogP contribution is -2.54. The van der Waals surface area contributed by atoms with Crippen LogP contribution in [0, 0.1) is 6.92 Å². The normalized spacial score (nSPS) is 23.2. The van der Waals surface area contributed by atoms with Gasteiger partial charge in [0.05, 0.1) is 25.3 Å². The van der Waals surface area contributed by atoms with Crippen LogP contribution in [-0.4, -0.2) is 42.8 Å². The number of carbonyl (C=O) groups is 1. The Bertz CT molecular complexity index is 433. The third-order valence-electron chi connectivity index (χ3n) is 3.33. The second-order valence-corrected chi connectivity index (χ2v) is 4.99. The molecule has 0 saturated carbocycles. The Morgan fingerprint density at radius 3 is 2.79 bits per heavy atom. The van der Waals surface area contributed by atoms with Gasteiger partial charge in [0.15, 0.2) is 0 Å². The van der Waals surface area contributed by atoms with Gasteiger partial charge in [-0.05, 0) is 26.0 Å². The maximum Gasteiger partial charge on any atom is 0.322 e. The third-order valence-corrected chi connectivity index (χ3v) is 3.33. The minimum Gasteiger partial charge on any atom is -0.373 e. The molecule has 3 N–H and O–H groups in total. The van der Waals surface area contributed by atoms with Gasteiger partial charge in [-0.25, -0.2) is 4.79 Å². The Morgan fingerprint density at radius 2 is 2.16 bits per heavy atom. The highest BCUT2D eigenvalue weighted by Gasteiger charge is 2.28. The second kappa shape index (κ2) is 6.04. The van der Waals surface area contributed by atoms with Gasteiger partial charge in [0.25, 0.3) is 0 Å². The van der Waals surface area contributed by atoms with Crippen LogP contribution in [-0.2, 0) is 4.74 Å². The van der Waals surface area contributed by atoms with E-state index in [1.807, 2.05) is 38.1 Å². The van der Waals surface area contributed by atoms with Crippen LogP contribution < -0.4 is 11.1 Å². The Labute approximate surface area is 113 Å². The molecule has 1 aromatic carbocycles. The number of morpholine rings is 1. The molecule has 104 valence electrons. The summed E-state index contributed by atoms with van der Waals surface area (Å²) in [6, 6.07) is 7.71. The van der Waals surface area contributed by atoms with Crippen LogP contribution in [0.1, 0.15) is 12.5 Å². The SMILES string of the molecule is Cc1ccc(NC(=O)N2CC(CN)OCC2C)cc1. The van der Waals surface area contributed by atoms with E-state index in [4.69, 9.17) is 10.5 Å². The average molecular weight is 263 g/mol. The number of nitrogens with one attached hydrogen (secondary N) is 1. The fraction of sp³-hybridized carbons (Fsp3) is 0.500. The van der Waals surface area contributed by atoms with Crippen molar-refractivity contribution in [2.75, 3.05) is 25.0 Å². The first-order valence-corrected chi connectivity index (χ1v) is 6.56. The van der Waals surface area contributed by atoms with Crippen molar-refractivity contribution >= 4 is 11.7 Å². The standard InChI is InChI=1S/C14H21N3O2/c1-10-3-5-12(6-4-10)16-14(18)17-8-13(7-15)19-9-11(17)2/h3-6,11,13H,7-9,15H2,1-2H3,(H,16,18). The van der Waals surface area contributed by atoms with Crippen LogP contribution in [0.2, 0.25) is 0 Å². The number of urea groups is 1. The summed E-state index contributed by atoms with van der Waals surface area (Å²) in [5.74, 6) is 0. The average Bonchev–Trinajstić information content (AvgIpc) is 2.42. The van der Waals surface area contributed by atoms with Gasteiger partial charge in [0.1, 0.15) is 0 Å². The molecule has 2 atom stereocenters. The van der Waals surface area contributed by atoms with Gasteiger partial charge in [-0.1, -0.05) is 17.7 Å². The van der Waals surface area contributed by atoms with Crippen molar-refractivity contribution in [2.45, 2.75) is 26.0 Å². The smallest absolute Gasteiger partial charge is 0.322 e. The molecular weight excluding hydrogens is 242 g/mol. The maximum atomic E-state index is 12.2. The molecule has 1 fully saturated rings. The van der Waals surface area contributed by atoms with E-state index in [0.717, 1.165) is 5.69 Å². The van der Waals surface area contributed by atoms with Gasteiger partial charge in [0, 0.05) is 12.2 Å². The number of hydrogen-bond donors (Lipinski definition) is 2. The van der Waals surface area contributed by atoms with Crippen molar-refractivity contribution in [3.63, 3.8) is 0 Å². The third kappa shape index (κ3) is 3.45. The first-order valence-electron chi connectivity index (χ1n) is 6.56. The lowest BCUT2D eigenvalue weighted by atomic mass is 10.2. The molecule has 5 heteroatoms. The zero-order chi connectivity index (χ0) is 13.8. The van der Waals surface area contributed by atoms with Gasteiger partial charge in [-0.2, -0.15) is 0 Å². The molecule has 5 nitrogen and oxygen atoms in total. The maximum absolute atomic E-state index is 12.2. The van der Waals surface area contributed by atoms with E-state index in [1.165, 1.54) is 5.56 Å². The molecule has 1 heterocycles. The largest absolute Gasteiger partial charge is 0.373 e. The van der Waals surface area contributed by atoms with Crippen LogP contribution in [0.4, 0.5) is 10.5 Å². The zero-order valence-electron chi connectivity index (χ0n) is 11.4. The molecule has 0 radical (unpaired) electrons. The predicted molar refractivity (Wildman–Crippen MR) is 75.2 cm³/mol. The molecule has 1 aromatic rings. The Kier molecular flexibility index (Phi) is 4.39. The molecule has 1 saturated heterocycles. The predicted octanol–water partition coefficient (Wildman–Crippen LogP) is 1.57. The van der Waals surface area contributed by atoms with Crippen LogP contribution >= 0.6 is 0 Å². The van der Waals surface area contributed by atoms with Crippen LogP contribution in [0.25, 0.3) is 0 Å². The summed E-state index contributed by atoms with van der Waals surface area (Å²) in [5, 5.41) is 2.90. The highest BCUT2D eigenvalue weighted by atomic mass is 16.5. The van der Waals surface area contributed by atoms with Crippen LogP contribution in [0.15, 0.2) is 24.3 Å². The molecular formula is C14H21N3O2. The van der Waals surface area contributed by atoms with E-state index in [-0.39, 0.29) is 18.2 Å². The molecule has 19 heavy (non-hydrogen) atoms. The molecule has 0 aromatic heterocycles. The van der Waals surface area contributed by atoms with Crippen molar-refractivity contribution in [2.24, 2.45) is 5.73 Å². The van der Waals surface area contributed by atoms with Gasteiger partial charge in [-0.15, -0.1) is 0 Å². The molecule has 0 bridgehead atoms. The number of carbonyl (C=O) groups excluding carboxylic acids is 1. The number of nitrogens with two attached hydrogens (primary N) is 1. The van der Waals surface area contributed by atoms with E-state index < -0.39 is 0 Å². The first kappa shape index (κ1) is 13.8. The Balaban J connectivity index is 2.00. The number of benzene rings is 1. The number of rotatable bonds is 2. The molecule has 1 aliphatic heterocycles. The highest BCUT2D eigenvalue weighted by Crippen LogP contribution is 2.14. The van der Waals surface area contributed by atoms with Gasteiger partial charge >= 0.3 is 6.03 Å². The first-order chi connectivity index (χ1) is 9.10. The summed E-state index contributed by atoms with van der Waals surface area (Å²) in [6.45, 7) is 5.49. The van der Waals surface area contributed by atoms with E-state index in [0.29, 0.717) is 19.7 Å². The van der Waals surface area contributed by atoms with Gasteiger partial charge < -0.3 is 20.7 Å². The second-order valence-electron chi connectivity index (χ2n) is 4.99. The monoisotopic (exact) mass is 263 g/mol. The summed E-state index contributed by atoms with van der Waals surface area (Å²) in [4.78, 5) is 14.0. The van der Waals surface area contributed by atoms with E-state index in [1.54, 1.807) is 4.90 Å². The molecule has 0 spiro atoms. The van der Waals surface area contributed by atoms with E-state index in [9.17, 15) is 4.79 Å². The lowest BCUT2D eigenvalue weighted by molar-refractivity contribution is -0.0341. The number of aryl methyl sites for hydroxylation is 1. The number of anilines is 1. The lowest BCUT2D eigenvalue weighted by Gasteiger charge is -2.37. The van der Waals surface area contributed by atoms with E-state index >= 15 is 0 Å². The molecule has 2 unspecified atom stereocenters.